The first-order chi connectivity index (χ1) is 13.6. The number of imidazole rings is 1. The van der Waals surface area contributed by atoms with E-state index in [0.29, 0.717) is 24.4 Å². The topological polar surface area (TPSA) is 118 Å². The fourth-order valence-corrected chi connectivity index (χ4v) is 3.38. The molecule has 1 aliphatic rings. The Balaban J connectivity index is 1.46. The molecule has 0 saturated heterocycles. The van der Waals surface area contributed by atoms with Crippen LogP contribution in [-0.2, 0) is 16.0 Å². The van der Waals surface area contributed by atoms with Crippen LogP contribution in [0.5, 0.6) is 0 Å². The van der Waals surface area contributed by atoms with Crippen LogP contribution in [0.25, 0.3) is 16.9 Å². The fourth-order valence-electron chi connectivity index (χ4n) is 3.38. The van der Waals surface area contributed by atoms with Gasteiger partial charge in [-0.1, -0.05) is 6.07 Å². The molecule has 1 aromatic carbocycles. The number of urea groups is 1. The lowest BCUT2D eigenvalue weighted by Gasteiger charge is -2.09. The van der Waals surface area contributed by atoms with Gasteiger partial charge in [-0.05, 0) is 24.6 Å². The van der Waals surface area contributed by atoms with Gasteiger partial charge in [-0.2, -0.15) is 0 Å². The fraction of sp³-hybridized carbons (Fsp3) is 0.263. The van der Waals surface area contributed by atoms with Gasteiger partial charge in [0.05, 0.1) is 24.4 Å². The van der Waals surface area contributed by atoms with Crippen LogP contribution in [0.1, 0.15) is 24.6 Å². The lowest BCUT2D eigenvalue weighted by molar-refractivity contribution is -0.142. The maximum absolute atomic E-state index is 12.2. The van der Waals surface area contributed by atoms with Gasteiger partial charge in [0.1, 0.15) is 0 Å². The Labute approximate surface area is 159 Å². The number of aromatic amines is 1. The van der Waals surface area contributed by atoms with Crippen LogP contribution < -0.4 is 16.2 Å². The van der Waals surface area contributed by atoms with Crippen molar-refractivity contribution in [2.24, 2.45) is 0 Å². The van der Waals surface area contributed by atoms with Crippen molar-refractivity contribution < 1.29 is 14.3 Å². The molecule has 2 heterocycles. The summed E-state index contributed by atoms with van der Waals surface area (Å²) in [7, 11) is 0. The van der Waals surface area contributed by atoms with Crippen molar-refractivity contribution in [1.29, 1.82) is 0 Å². The van der Waals surface area contributed by atoms with Crippen LogP contribution in [0.15, 0.2) is 35.4 Å². The number of hydrogen-bond donors (Lipinski definition) is 3. The maximum Gasteiger partial charge on any atom is 0.319 e. The summed E-state index contributed by atoms with van der Waals surface area (Å²) in [6, 6.07) is 5.12. The second-order valence-corrected chi connectivity index (χ2v) is 6.38. The molecule has 0 radical (unpaired) electrons. The van der Waals surface area contributed by atoms with Gasteiger partial charge in [-0.3, -0.25) is 14.0 Å². The maximum atomic E-state index is 12.2. The number of rotatable bonds is 5. The van der Waals surface area contributed by atoms with E-state index in [1.54, 1.807) is 29.8 Å². The molecule has 0 saturated carbocycles. The molecule has 144 valence electrons. The first-order valence-electron chi connectivity index (χ1n) is 8.99. The van der Waals surface area contributed by atoms with Crippen molar-refractivity contribution in [2.45, 2.75) is 19.8 Å². The van der Waals surface area contributed by atoms with Crippen LogP contribution in [0.3, 0.4) is 0 Å². The van der Waals surface area contributed by atoms with E-state index in [1.165, 1.54) is 0 Å². The number of H-pyrrole nitrogens is 1. The summed E-state index contributed by atoms with van der Waals surface area (Å²) >= 11 is 0. The number of carbonyl (C=O) groups excluding carboxylic acids is 2. The molecule has 2 aromatic heterocycles. The zero-order valence-electron chi connectivity index (χ0n) is 15.2. The third kappa shape index (κ3) is 3.22. The molecular weight excluding hydrogens is 362 g/mol. The van der Waals surface area contributed by atoms with Crippen molar-refractivity contribution >= 4 is 23.3 Å². The van der Waals surface area contributed by atoms with Crippen molar-refractivity contribution in [3.8, 4) is 11.3 Å². The molecule has 2 amide bonds. The van der Waals surface area contributed by atoms with E-state index < -0.39 is 6.03 Å². The number of hydrogen-bond acceptors (Lipinski definition) is 5. The Morgan fingerprint density at radius 1 is 1.36 bits per heavy atom. The van der Waals surface area contributed by atoms with Gasteiger partial charge in [0.15, 0.2) is 0 Å². The lowest BCUT2D eigenvalue weighted by atomic mass is 10.1. The summed E-state index contributed by atoms with van der Waals surface area (Å²) in [6.45, 7) is 2.25. The Morgan fingerprint density at radius 3 is 3.04 bits per heavy atom. The van der Waals surface area contributed by atoms with Gasteiger partial charge < -0.3 is 20.4 Å². The van der Waals surface area contributed by atoms with E-state index in [2.05, 4.69) is 20.6 Å². The number of benzene rings is 1. The summed E-state index contributed by atoms with van der Waals surface area (Å²) in [6.07, 6.45) is 4.11. The van der Waals surface area contributed by atoms with Crippen molar-refractivity contribution in [2.75, 3.05) is 18.5 Å². The Morgan fingerprint density at radius 2 is 2.21 bits per heavy atom. The number of esters is 1. The normalized spacial score (nSPS) is 11.8. The van der Waals surface area contributed by atoms with Crippen LogP contribution in [0.4, 0.5) is 10.5 Å². The first kappa shape index (κ1) is 17.8. The Kier molecular flexibility index (Phi) is 4.56. The number of anilines is 1. The molecule has 9 nitrogen and oxygen atoms in total. The summed E-state index contributed by atoms with van der Waals surface area (Å²) in [5.74, 6) is -0.349. The molecular formula is C19H19N5O4. The second kappa shape index (κ2) is 7.18. The minimum atomic E-state index is -0.398. The molecule has 3 N–H and O–H groups in total. The molecule has 0 aliphatic heterocycles. The predicted molar refractivity (Wildman–Crippen MR) is 102 cm³/mol. The minimum Gasteiger partial charge on any atom is -0.466 e. The van der Waals surface area contributed by atoms with Crippen molar-refractivity contribution in [3.05, 3.63) is 52.2 Å². The van der Waals surface area contributed by atoms with E-state index in [-0.39, 0.29) is 24.5 Å². The number of amides is 2. The largest absolute Gasteiger partial charge is 0.466 e. The molecule has 1 aliphatic carbocycles. The van der Waals surface area contributed by atoms with E-state index in [0.717, 1.165) is 22.5 Å². The van der Waals surface area contributed by atoms with Gasteiger partial charge in [-0.15, -0.1) is 0 Å². The Bertz CT molecular complexity index is 1130. The van der Waals surface area contributed by atoms with Crippen LogP contribution in [0.2, 0.25) is 0 Å². The second-order valence-electron chi connectivity index (χ2n) is 6.38. The van der Waals surface area contributed by atoms with Crippen LogP contribution >= 0.6 is 0 Å². The highest BCUT2D eigenvalue weighted by molar-refractivity contribution is 5.90. The molecule has 0 atom stereocenters. The quantitative estimate of drug-likeness (QED) is 0.455. The Hall–Kier alpha value is -3.62. The highest BCUT2D eigenvalue weighted by Crippen LogP contribution is 2.35. The summed E-state index contributed by atoms with van der Waals surface area (Å²) < 4.78 is 6.61. The number of nitrogens with one attached hydrogen (secondary N) is 3. The van der Waals surface area contributed by atoms with Crippen molar-refractivity contribution in [1.82, 2.24) is 19.7 Å². The third-order valence-electron chi connectivity index (χ3n) is 4.57. The van der Waals surface area contributed by atoms with Crippen LogP contribution in [-0.4, -0.2) is 39.5 Å². The molecule has 9 heteroatoms. The zero-order valence-corrected chi connectivity index (χ0v) is 15.2. The molecule has 0 bridgehead atoms. The lowest BCUT2D eigenvalue weighted by Crippen LogP contribution is -2.30. The summed E-state index contributed by atoms with van der Waals surface area (Å²) in [5.41, 5.74) is 4.41. The highest BCUT2D eigenvalue weighted by atomic mass is 16.5. The molecule has 4 rings (SSSR count). The summed E-state index contributed by atoms with van der Waals surface area (Å²) in [4.78, 5) is 42.5. The van der Waals surface area contributed by atoms with E-state index in [9.17, 15) is 14.4 Å². The smallest absolute Gasteiger partial charge is 0.319 e. The average molecular weight is 381 g/mol. The number of fused-ring (bicyclic) bond motifs is 5. The third-order valence-corrected chi connectivity index (χ3v) is 4.57. The molecule has 28 heavy (non-hydrogen) atoms. The monoisotopic (exact) mass is 381 g/mol. The summed E-state index contributed by atoms with van der Waals surface area (Å²) in [5, 5.41) is 5.38. The number of aromatic nitrogens is 3. The van der Waals surface area contributed by atoms with E-state index >= 15 is 0 Å². The van der Waals surface area contributed by atoms with Crippen LogP contribution in [0, 0.1) is 0 Å². The van der Waals surface area contributed by atoms with E-state index in [1.807, 2.05) is 12.1 Å². The number of nitrogens with zero attached hydrogens (tertiary/aromatic N) is 2. The van der Waals surface area contributed by atoms with Gasteiger partial charge in [0.25, 0.3) is 5.56 Å². The van der Waals surface area contributed by atoms with Gasteiger partial charge in [0, 0.05) is 36.6 Å². The SMILES string of the molecule is CCOC(=O)CCNC(=O)Nc1ccc2c(c1)Cc1c-2[nH]c(=O)c2nccn12. The highest BCUT2D eigenvalue weighted by Gasteiger charge is 2.23. The molecule has 0 spiro atoms. The predicted octanol–water partition coefficient (Wildman–Crippen LogP) is 1.67. The van der Waals surface area contributed by atoms with Gasteiger partial charge in [0.2, 0.25) is 5.65 Å². The number of ether oxygens (including phenoxy) is 1. The standard InChI is InChI=1S/C19H19N5O4/c1-2-28-15(25)5-6-21-19(27)22-12-3-4-13-11(9-12)10-14-16(13)23-18(26)17-20-7-8-24(14)17/h3-4,7-9H,2,5-6,10H2,1H3,(H,23,26)(H2,21,22,27). The van der Waals surface area contributed by atoms with Crippen molar-refractivity contribution in [3.63, 3.8) is 0 Å². The minimum absolute atomic E-state index is 0.120. The molecule has 0 unspecified atom stereocenters. The molecule has 3 aromatic rings. The molecule has 0 fully saturated rings. The first-order valence-corrected chi connectivity index (χ1v) is 8.99. The van der Waals surface area contributed by atoms with Gasteiger partial charge >= 0.3 is 12.0 Å². The average Bonchev–Trinajstić information content (AvgIpc) is 3.27. The zero-order chi connectivity index (χ0) is 19.7. The van der Waals surface area contributed by atoms with Gasteiger partial charge in [-0.25, -0.2) is 9.78 Å². The number of carbonyl (C=O) groups is 2. The van der Waals surface area contributed by atoms with E-state index in [4.69, 9.17) is 4.74 Å².